The van der Waals surface area contributed by atoms with Crippen LogP contribution >= 0.6 is 0 Å². The van der Waals surface area contributed by atoms with E-state index in [4.69, 9.17) is 0 Å². The third kappa shape index (κ3) is 4.56. The molecular weight excluding hydrogens is 260 g/mol. The van der Waals surface area contributed by atoms with E-state index in [2.05, 4.69) is 15.0 Å². The van der Waals surface area contributed by atoms with Crippen molar-refractivity contribution in [2.45, 2.75) is 25.3 Å². The minimum Gasteiger partial charge on any atom is -0.452 e. The molecular formula is C13H22N4O3. The van der Waals surface area contributed by atoms with Crippen molar-refractivity contribution in [3.63, 3.8) is 0 Å². The zero-order chi connectivity index (χ0) is 15.1. The highest BCUT2D eigenvalue weighted by atomic mass is 16.5. The van der Waals surface area contributed by atoms with Gasteiger partial charge in [0, 0.05) is 27.2 Å². The van der Waals surface area contributed by atoms with E-state index < -0.39 is 12.1 Å². The van der Waals surface area contributed by atoms with E-state index in [-0.39, 0.29) is 12.0 Å². The number of hydrogen-bond donors (Lipinski definition) is 1. The molecule has 0 fully saturated rings. The lowest BCUT2D eigenvalue weighted by molar-refractivity contribution is 0.149. The smallest absolute Gasteiger partial charge is 0.416 e. The van der Waals surface area contributed by atoms with Crippen molar-refractivity contribution in [1.29, 1.82) is 0 Å². The number of allylic oxidation sites excluding steroid dienone is 1. The Balaban J connectivity index is 2.74. The maximum absolute atomic E-state index is 11.9. The van der Waals surface area contributed by atoms with E-state index in [9.17, 15) is 9.59 Å². The van der Waals surface area contributed by atoms with Gasteiger partial charge in [-0.1, -0.05) is 12.2 Å². The van der Waals surface area contributed by atoms with Crippen LogP contribution in [0.25, 0.3) is 0 Å². The average molecular weight is 282 g/mol. The predicted molar refractivity (Wildman–Crippen MR) is 76.6 cm³/mol. The summed E-state index contributed by atoms with van der Waals surface area (Å²) in [5, 5.41) is 2.80. The molecule has 1 aliphatic rings. The average Bonchev–Trinajstić information content (AvgIpc) is 2.44. The maximum Gasteiger partial charge on any atom is 0.416 e. The molecule has 0 spiro atoms. The number of nitrogens with zero attached hydrogens (tertiary/aromatic N) is 3. The zero-order valence-electron chi connectivity index (χ0n) is 12.4. The fourth-order valence-corrected chi connectivity index (χ4v) is 1.91. The summed E-state index contributed by atoms with van der Waals surface area (Å²) in [6.45, 7) is 0. The Morgan fingerprint density at radius 1 is 1.35 bits per heavy atom. The largest absolute Gasteiger partial charge is 0.452 e. The third-order valence-corrected chi connectivity index (χ3v) is 2.91. The van der Waals surface area contributed by atoms with Crippen LogP contribution in [-0.2, 0) is 4.74 Å². The molecule has 3 amide bonds. The molecule has 112 valence electrons. The second-order valence-corrected chi connectivity index (χ2v) is 4.75. The number of nitrogens with one attached hydrogen (secondary N) is 1. The van der Waals surface area contributed by atoms with Crippen molar-refractivity contribution >= 4 is 18.1 Å². The molecule has 0 aromatic rings. The molecule has 0 aromatic heterocycles. The molecule has 1 unspecified atom stereocenters. The van der Waals surface area contributed by atoms with Gasteiger partial charge in [-0.05, 0) is 19.3 Å². The Labute approximate surface area is 119 Å². The van der Waals surface area contributed by atoms with Crippen LogP contribution in [0.2, 0.25) is 0 Å². The fraction of sp³-hybridized carbons (Fsp3) is 0.615. The Morgan fingerprint density at radius 2 is 2.05 bits per heavy atom. The summed E-state index contributed by atoms with van der Waals surface area (Å²) in [4.78, 5) is 30.1. The molecule has 1 aliphatic carbocycles. The first-order valence-electron chi connectivity index (χ1n) is 6.50. The Bertz CT molecular complexity index is 418. The standard InChI is InChI=1S/C13H22N4O3/c1-16(2)12(17(3)13(19)20-4)15-11(18)14-10-8-6-5-7-9-10/h6,8,10H,5,7,9H2,1-4H3,(H,14,18)/b15-12+. The van der Waals surface area contributed by atoms with E-state index in [1.807, 2.05) is 12.2 Å². The van der Waals surface area contributed by atoms with Gasteiger partial charge >= 0.3 is 12.1 Å². The number of ether oxygens (including phenoxy) is 1. The number of aliphatic imine (C=N–C) groups is 1. The van der Waals surface area contributed by atoms with Crippen LogP contribution < -0.4 is 5.32 Å². The lowest BCUT2D eigenvalue weighted by Crippen LogP contribution is -2.43. The highest BCUT2D eigenvalue weighted by Crippen LogP contribution is 2.10. The number of carbonyl (C=O) groups excluding carboxylic acids is 2. The molecule has 7 nitrogen and oxygen atoms in total. The SMILES string of the molecule is COC(=O)N(C)/C(=N/C(=O)NC1C=CCCC1)N(C)C. The minimum atomic E-state index is -0.581. The second kappa shape index (κ2) is 7.52. The van der Waals surface area contributed by atoms with Crippen LogP contribution in [0.5, 0.6) is 0 Å². The molecule has 0 saturated heterocycles. The quantitative estimate of drug-likeness (QED) is 0.448. The Kier molecular flexibility index (Phi) is 6.02. The van der Waals surface area contributed by atoms with Crippen LogP contribution in [0.15, 0.2) is 17.1 Å². The third-order valence-electron chi connectivity index (χ3n) is 2.91. The highest BCUT2D eigenvalue weighted by Gasteiger charge is 2.19. The van der Waals surface area contributed by atoms with Crippen LogP contribution in [0.4, 0.5) is 9.59 Å². The summed E-state index contributed by atoms with van der Waals surface area (Å²) < 4.78 is 4.61. The van der Waals surface area contributed by atoms with Gasteiger partial charge in [0.2, 0.25) is 5.96 Å². The Morgan fingerprint density at radius 3 is 2.55 bits per heavy atom. The van der Waals surface area contributed by atoms with E-state index in [0.717, 1.165) is 19.3 Å². The summed E-state index contributed by atoms with van der Waals surface area (Å²) in [5.74, 6) is 0.217. The van der Waals surface area contributed by atoms with Crippen molar-refractivity contribution in [1.82, 2.24) is 15.1 Å². The van der Waals surface area contributed by atoms with E-state index >= 15 is 0 Å². The molecule has 0 aliphatic heterocycles. The van der Waals surface area contributed by atoms with E-state index in [1.165, 1.54) is 19.1 Å². The van der Waals surface area contributed by atoms with Gasteiger partial charge in [0.15, 0.2) is 0 Å². The van der Waals surface area contributed by atoms with Gasteiger partial charge in [0.25, 0.3) is 0 Å². The van der Waals surface area contributed by atoms with Gasteiger partial charge in [-0.15, -0.1) is 0 Å². The lowest BCUT2D eigenvalue weighted by Gasteiger charge is -2.24. The lowest BCUT2D eigenvalue weighted by atomic mass is 10.0. The number of methoxy groups -OCH3 is 1. The normalized spacial score (nSPS) is 18.4. The first-order valence-corrected chi connectivity index (χ1v) is 6.50. The van der Waals surface area contributed by atoms with Crippen LogP contribution in [-0.4, -0.2) is 62.2 Å². The van der Waals surface area contributed by atoms with Gasteiger partial charge < -0.3 is 15.0 Å². The number of amides is 3. The molecule has 0 saturated carbocycles. The summed E-state index contributed by atoms with van der Waals surface area (Å²) in [7, 11) is 6.18. The van der Waals surface area contributed by atoms with Crippen LogP contribution in [0.3, 0.4) is 0 Å². The van der Waals surface area contributed by atoms with Gasteiger partial charge in [0.1, 0.15) is 0 Å². The molecule has 1 rings (SSSR count). The molecule has 0 heterocycles. The molecule has 0 aromatic carbocycles. The van der Waals surface area contributed by atoms with Crippen molar-refractivity contribution in [2.75, 3.05) is 28.3 Å². The van der Waals surface area contributed by atoms with Crippen molar-refractivity contribution in [3.8, 4) is 0 Å². The summed E-state index contributed by atoms with van der Waals surface area (Å²) in [6, 6.07) is -0.465. The summed E-state index contributed by atoms with van der Waals surface area (Å²) in [6.07, 6.45) is 6.43. The maximum atomic E-state index is 11.9. The number of carbonyl (C=O) groups is 2. The van der Waals surface area contributed by atoms with Crippen molar-refractivity contribution < 1.29 is 14.3 Å². The first kappa shape index (κ1) is 16.0. The monoisotopic (exact) mass is 282 g/mol. The van der Waals surface area contributed by atoms with Crippen molar-refractivity contribution in [2.24, 2.45) is 4.99 Å². The summed E-state index contributed by atoms with van der Waals surface area (Å²) in [5.41, 5.74) is 0. The van der Waals surface area contributed by atoms with Crippen molar-refractivity contribution in [3.05, 3.63) is 12.2 Å². The molecule has 20 heavy (non-hydrogen) atoms. The summed E-state index contributed by atoms with van der Waals surface area (Å²) >= 11 is 0. The number of guanidine groups is 1. The van der Waals surface area contributed by atoms with Crippen LogP contribution in [0, 0.1) is 0 Å². The highest BCUT2D eigenvalue weighted by molar-refractivity contribution is 5.99. The fourth-order valence-electron chi connectivity index (χ4n) is 1.91. The van der Waals surface area contributed by atoms with Gasteiger partial charge in [-0.25, -0.2) is 9.59 Å². The molecule has 1 N–H and O–H groups in total. The van der Waals surface area contributed by atoms with E-state index in [0.29, 0.717) is 0 Å². The topological polar surface area (TPSA) is 74.2 Å². The first-order chi connectivity index (χ1) is 9.45. The van der Waals surface area contributed by atoms with Crippen LogP contribution in [0.1, 0.15) is 19.3 Å². The molecule has 0 radical (unpaired) electrons. The molecule has 1 atom stereocenters. The van der Waals surface area contributed by atoms with Gasteiger partial charge in [0.05, 0.1) is 7.11 Å². The number of rotatable bonds is 1. The zero-order valence-corrected chi connectivity index (χ0v) is 12.4. The second-order valence-electron chi connectivity index (χ2n) is 4.75. The van der Waals surface area contributed by atoms with Gasteiger partial charge in [-0.2, -0.15) is 4.99 Å². The molecule has 0 bridgehead atoms. The van der Waals surface area contributed by atoms with E-state index in [1.54, 1.807) is 19.0 Å². The van der Waals surface area contributed by atoms with Gasteiger partial charge in [-0.3, -0.25) is 4.90 Å². The number of hydrogen-bond acceptors (Lipinski definition) is 3. The number of urea groups is 1. The minimum absolute atomic E-state index is 0.00634. The Hall–Kier alpha value is -2.05. The molecule has 7 heteroatoms. The predicted octanol–water partition coefficient (Wildman–Crippen LogP) is 1.42.